The van der Waals surface area contributed by atoms with Crippen molar-refractivity contribution in [2.75, 3.05) is 25.1 Å². The highest BCUT2D eigenvalue weighted by Gasteiger charge is 2.50. The van der Waals surface area contributed by atoms with Crippen molar-refractivity contribution in [1.82, 2.24) is 10.2 Å². The fourth-order valence-electron chi connectivity index (χ4n) is 3.38. The Morgan fingerprint density at radius 1 is 1.23 bits per heavy atom. The molecule has 30 heavy (non-hydrogen) atoms. The van der Waals surface area contributed by atoms with Gasteiger partial charge in [-0.25, -0.2) is 9.18 Å². The quantitative estimate of drug-likeness (QED) is 0.722. The molecule has 1 unspecified atom stereocenters. The van der Waals surface area contributed by atoms with E-state index >= 15 is 0 Å². The Morgan fingerprint density at radius 2 is 1.90 bits per heavy atom. The van der Waals surface area contributed by atoms with Crippen LogP contribution < -0.4 is 20.1 Å². The minimum absolute atomic E-state index is 0.0149. The maximum Gasteiger partial charge on any atom is 0.325 e. The average molecular weight is 434 g/mol. The van der Waals surface area contributed by atoms with Crippen molar-refractivity contribution in [3.05, 3.63) is 52.8 Å². The van der Waals surface area contributed by atoms with Crippen LogP contribution in [0.2, 0.25) is 5.02 Å². The minimum Gasteiger partial charge on any atom is -0.486 e. The molecule has 0 spiro atoms. The number of anilines is 1. The Labute approximate surface area is 175 Å². The van der Waals surface area contributed by atoms with Crippen LogP contribution in [-0.2, 0) is 15.1 Å². The molecule has 10 heteroatoms. The van der Waals surface area contributed by atoms with Gasteiger partial charge in [0.25, 0.3) is 5.91 Å². The molecule has 2 aliphatic rings. The summed E-state index contributed by atoms with van der Waals surface area (Å²) in [7, 11) is 0. The number of amides is 4. The van der Waals surface area contributed by atoms with E-state index in [4.69, 9.17) is 21.1 Å². The van der Waals surface area contributed by atoms with Crippen molar-refractivity contribution in [3.63, 3.8) is 0 Å². The molecule has 2 aromatic rings. The van der Waals surface area contributed by atoms with Gasteiger partial charge in [0.05, 0.1) is 10.7 Å². The zero-order valence-electron chi connectivity index (χ0n) is 15.8. The first-order chi connectivity index (χ1) is 14.3. The maximum absolute atomic E-state index is 14.2. The van der Waals surface area contributed by atoms with Gasteiger partial charge < -0.3 is 20.1 Å². The molecule has 2 aromatic carbocycles. The molecule has 156 valence electrons. The number of rotatable bonds is 4. The number of nitrogens with zero attached hydrogens (tertiary/aromatic N) is 1. The van der Waals surface area contributed by atoms with Crippen molar-refractivity contribution in [2.45, 2.75) is 12.5 Å². The third kappa shape index (κ3) is 3.41. The third-order valence-electron chi connectivity index (χ3n) is 4.90. The summed E-state index contributed by atoms with van der Waals surface area (Å²) >= 11 is 6.17. The topological polar surface area (TPSA) is 97.0 Å². The Morgan fingerprint density at radius 3 is 2.60 bits per heavy atom. The smallest absolute Gasteiger partial charge is 0.325 e. The maximum atomic E-state index is 14.2. The molecule has 1 atom stereocenters. The monoisotopic (exact) mass is 433 g/mol. The number of hydrogen-bond acceptors (Lipinski definition) is 5. The highest BCUT2D eigenvalue weighted by atomic mass is 35.5. The number of halogens is 2. The number of fused-ring (bicyclic) bond motifs is 1. The summed E-state index contributed by atoms with van der Waals surface area (Å²) in [5.41, 5.74) is -1.35. The summed E-state index contributed by atoms with van der Waals surface area (Å²) in [5, 5.41) is 5.23. The number of benzene rings is 2. The van der Waals surface area contributed by atoms with E-state index in [2.05, 4.69) is 10.6 Å². The average Bonchev–Trinajstić information content (AvgIpc) is 2.92. The number of carbonyl (C=O) groups is 3. The normalized spacial score (nSPS) is 20.2. The molecule has 0 radical (unpaired) electrons. The van der Waals surface area contributed by atoms with Crippen LogP contribution >= 0.6 is 11.6 Å². The van der Waals surface area contributed by atoms with Crippen LogP contribution in [-0.4, -0.2) is 42.5 Å². The summed E-state index contributed by atoms with van der Waals surface area (Å²) in [4.78, 5) is 38.5. The highest BCUT2D eigenvalue weighted by Crippen LogP contribution is 2.38. The van der Waals surface area contributed by atoms with Gasteiger partial charge in [0.15, 0.2) is 11.5 Å². The molecule has 4 amide bonds. The molecule has 0 saturated carbocycles. The lowest BCUT2D eigenvalue weighted by Gasteiger charge is -2.22. The molecular formula is C20H17ClFN3O5. The van der Waals surface area contributed by atoms with Gasteiger partial charge in [-0.3, -0.25) is 14.5 Å². The number of carbonyl (C=O) groups excluding carboxylic acids is 3. The standard InChI is InChI=1S/C20H17ClFN3O5/c1-20(11-4-2-3-5-13(11)22)18(27)25(19(28)24-20)10-17(26)23-14-9-16-15(8-12(14)21)29-6-7-30-16/h2-5,8-9H,6-7,10H2,1H3,(H,23,26)(H,24,28). The first-order valence-corrected chi connectivity index (χ1v) is 9.45. The molecule has 0 aliphatic carbocycles. The van der Waals surface area contributed by atoms with Crippen molar-refractivity contribution >= 4 is 35.1 Å². The molecule has 8 nitrogen and oxygen atoms in total. The van der Waals surface area contributed by atoms with Crippen LogP contribution in [0.5, 0.6) is 11.5 Å². The lowest BCUT2D eigenvalue weighted by molar-refractivity contribution is -0.133. The molecular weight excluding hydrogens is 417 g/mol. The Bertz CT molecular complexity index is 1060. The predicted octanol–water partition coefficient (Wildman–Crippen LogP) is 2.66. The minimum atomic E-state index is -1.61. The van der Waals surface area contributed by atoms with E-state index in [0.29, 0.717) is 24.7 Å². The predicted molar refractivity (Wildman–Crippen MR) is 105 cm³/mol. The van der Waals surface area contributed by atoms with Crippen LogP contribution in [0.4, 0.5) is 14.9 Å². The fourth-order valence-corrected chi connectivity index (χ4v) is 3.58. The highest BCUT2D eigenvalue weighted by molar-refractivity contribution is 6.34. The summed E-state index contributed by atoms with van der Waals surface area (Å²) < 4.78 is 25.1. The van der Waals surface area contributed by atoms with Gasteiger partial charge >= 0.3 is 6.03 Å². The molecule has 2 N–H and O–H groups in total. The zero-order valence-corrected chi connectivity index (χ0v) is 16.6. The van der Waals surface area contributed by atoms with Gasteiger partial charge in [-0.15, -0.1) is 0 Å². The number of nitrogens with one attached hydrogen (secondary N) is 2. The largest absolute Gasteiger partial charge is 0.486 e. The van der Waals surface area contributed by atoms with Crippen molar-refractivity contribution < 1.29 is 28.2 Å². The SMILES string of the molecule is CC1(c2ccccc2F)NC(=O)N(CC(=O)Nc2cc3c(cc2Cl)OCCO3)C1=O. The molecule has 4 rings (SSSR count). The number of ether oxygens (including phenoxy) is 2. The molecule has 0 bridgehead atoms. The van der Waals surface area contributed by atoms with Gasteiger partial charge in [-0.2, -0.15) is 0 Å². The second kappa shape index (κ2) is 7.49. The molecule has 2 aliphatic heterocycles. The van der Waals surface area contributed by atoms with E-state index in [0.717, 1.165) is 4.90 Å². The Hall–Kier alpha value is -3.33. The Kier molecular flexibility index (Phi) is 4.98. The molecule has 2 heterocycles. The number of hydrogen-bond donors (Lipinski definition) is 2. The van der Waals surface area contributed by atoms with E-state index in [1.54, 1.807) is 6.07 Å². The Balaban J connectivity index is 1.51. The first-order valence-electron chi connectivity index (χ1n) is 9.07. The van der Waals surface area contributed by atoms with E-state index in [-0.39, 0.29) is 16.3 Å². The zero-order chi connectivity index (χ0) is 21.5. The van der Waals surface area contributed by atoms with Gasteiger partial charge in [0.2, 0.25) is 5.91 Å². The van der Waals surface area contributed by atoms with Gasteiger partial charge in [0, 0.05) is 17.7 Å². The van der Waals surface area contributed by atoms with Crippen LogP contribution in [0.25, 0.3) is 0 Å². The van der Waals surface area contributed by atoms with Crippen molar-refractivity contribution in [2.24, 2.45) is 0 Å². The molecule has 1 fully saturated rings. The van der Waals surface area contributed by atoms with E-state index in [9.17, 15) is 18.8 Å². The van der Waals surface area contributed by atoms with Crippen LogP contribution in [0, 0.1) is 5.82 Å². The number of imide groups is 1. The van der Waals surface area contributed by atoms with E-state index in [1.165, 1.54) is 37.3 Å². The van der Waals surface area contributed by atoms with E-state index in [1.807, 2.05) is 0 Å². The molecule has 0 aromatic heterocycles. The lowest BCUT2D eigenvalue weighted by Crippen LogP contribution is -2.42. The summed E-state index contributed by atoms with van der Waals surface area (Å²) in [5.74, 6) is -1.15. The van der Waals surface area contributed by atoms with Crippen molar-refractivity contribution in [1.29, 1.82) is 0 Å². The van der Waals surface area contributed by atoms with Gasteiger partial charge in [-0.1, -0.05) is 29.8 Å². The second-order valence-electron chi connectivity index (χ2n) is 6.95. The first kappa shape index (κ1) is 20.0. The van der Waals surface area contributed by atoms with Crippen LogP contribution in [0.3, 0.4) is 0 Å². The fraction of sp³-hybridized carbons (Fsp3) is 0.250. The second-order valence-corrected chi connectivity index (χ2v) is 7.36. The summed E-state index contributed by atoms with van der Waals surface area (Å²) in [6, 6.07) is 7.85. The van der Waals surface area contributed by atoms with Crippen molar-refractivity contribution in [3.8, 4) is 11.5 Å². The van der Waals surface area contributed by atoms with Gasteiger partial charge in [-0.05, 0) is 13.0 Å². The van der Waals surface area contributed by atoms with Gasteiger partial charge in [0.1, 0.15) is 31.1 Å². The number of urea groups is 1. The molecule has 1 saturated heterocycles. The lowest BCUT2D eigenvalue weighted by atomic mass is 9.91. The summed E-state index contributed by atoms with van der Waals surface area (Å²) in [6.07, 6.45) is 0. The van der Waals surface area contributed by atoms with Crippen LogP contribution in [0.1, 0.15) is 12.5 Å². The third-order valence-corrected chi connectivity index (χ3v) is 5.21. The van der Waals surface area contributed by atoms with E-state index < -0.39 is 35.7 Å². The van der Waals surface area contributed by atoms with Crippen LogP contribution in [0.15, 0.2) is 36.4 Å². The summed E-state index contributed by atoms with van der Waals surface area (Å²) in [6.45, 7) is 1.57.